The second-order valence-electron chi connectivity index (χ2n) is 3.30. The van der Waals surface area contributed by atoms with E-state index in [1.807, 2.05) is 11.8 Å². The molecule has 76 valence electrons. The molecule has 1 rings (SSSR count). The molecule has 1 aliphatic rings. The number of thioether (sulfide) groups is 1. The molecule has 0 spiro atoms. The van der Waals surface area contributed by atoms with E-state index in [1.54, 1.807) is 0 Å². The topological polar surface area (TPSA) is 15.6 Å². The summed E-state index contributed by atoms with van der Waals surface area (Å²) in [4.78, 5) is 6.98. The van der Waals surface area contributed by atoms with Gasteiger partial charge in [-0.2, -0.15) is 0 Å². The van der Waals surface area contributed by atoms with Crippen molar-refractivity contribution in [2.75, 3.05) is 25.4 Å². The molecule has 0 unspecified atom stereocenters. The number of rotatable bonds is 3. The zero-order valence-corrected chi connectivity index (χ0v) is 9.57. The van der Waals surface area contributed by atoms with Crippen molar-refractivity contribution in [2.24, 2.45) is 4.99 Å². The SMILES string of the molecule is CCCSC(=NCC)N1CCCC1. The Morgan fingerprint density at radius 3 is 2.54 bits per heavy atom. The Labute approximate surface area is 85.8 Å². The lowest BCUT2D eigenvalue weighted by molar-refractivity contribution is 0.528. The zero-order valence-electron chi connectivity index (χ0n) is 8.75. The Morgan fingerprint density at radius 2 is 2.00 bits per heavy atom. The largest absolute Gasteiger partial charge is 0.351 e. The molecule has 2 nitrogen and oxygen atoms in total. The fourth-order valence-corrected chi connectivity index (χ4v) is 2.45. The second kappa shape index (κ2) is 6.30. The summed E-state index contributed by atoms with van der Waals surface area (Å²) in [5.41, 5.74) is 0. The van der Waals surface area contributed by atoms with Crippen LogP contribution in [0.15, 0.2) is 4.99 Å². The van der Waals surface area contributed by atoms with E-state index >= 15 is 0 Å². The Kier molecular flexibility index (Phi) is 5.28. The second-order valence-corrected chi connectivity index (χ2v) is 4.36. The third-order valence-corrected chi connectivity index (χ3v) is 3.36. The van der Waals surface area contributed by atoms with Crippen LogP contribution in [0.3, 0.4) is 0 Å². The van der Waals surface area contributed by atoms with E-state index in [1.165, 1.54) is 43.3 Å². The Morgan fingerprint density at radius 1 is 1.31 bits per heavy atom. The van der Waals surface area contributed by atoms with Crippen LogP contribution in [0, 0.1) is 0 Å². The first-order chi connectivity index (χ1) is 6.38. The van der Waals surface area contributed by atoms with Crippen molar-refractivity contribution in [3.05, 3.63) is 0 Å². The minimum Gasteiger partial charge on any atom is -0.351 e. The van der Waals surface area contributed by atoms with Gasteiger partial charge in [-0.3, -0.25) is 4.99 Å². The van der Waals surface area contributed by atoms with E-state index in [0.717, 1.165) is 6.54 Å². The van der Waals surface area contributed by atoms with Gasteiger partial charge in [0.1, 0.15) is 0 Å². The highest BCUT2D eigenvalue weighted by molar-refractivity contribution is 8.13. The fourth-order valence-electron chi connectivity index (χ4n) is 1.47. The molecule has 0 aromatic rings. The minimum atomic E-state index is 0.919. The van der Waals surface area contributed by atoms with Crippen LogP contribution in [0.1, 0.15) is 33.1 Å². The van der Waals surface area contributed by atoms with E-state index in [9.17, 15) is 0 Å². The summed E-state index contributed by atoms with van der Waals surface area (Å²) in [5.74, 6) is 1.20. The number of nitrogens with zero attached hydrogens (tertiary/aromatic N) is 2. The van der Waals surface area contributed by atoms with Gasteiger partial charge in [-0.25, -0.2) is 0 Å². The first kappa shape index (κ1) is 10.9. The molecule has 1 aliphatic heterocycles. The highest BCUT2D eigenvalue weighted by Gasteiger charge is 2.15. The number of hydrogen-bond acceptors (Lipinski definition) is 2. The summed E-state index contributed by atoms with van der Waals surface area (Å²) in [6.07, 6.45) is 3.92. The molecule has 1 saturated heterocycles. The molecule has 1 heterocycles. The fraction of sp³-hybridized carbons (Fsp3) is 0.900. The summed E-state index contributed by atoms with van der Waals surface area (Å²) < 4.78 is 0. The maximum Gasteiger partial charge on any atom is 0.159 e. The van der Waals surface area contributed by atoms with Crippen molar-refractivity contribution in [1.29, 1.82) is 0 Å². The van der Waals surface area contributed by atoms with Gasteiger partial charge in [-0.05, 0) is 26.2 Å². The van der Waals surface area contributed by atoms with Crippen LogP contribution in [-0.2, 0) is 0 Å². The molecule has 0 atom stereocenters. The van der Waals surface area contributed by atoms with Crippen LogP contribution < -0.4 is 0 Å². The van der Waals surface area contributed by atoms with Gasteiger partial charge in [0.25, 0.3) is 0 Å². The monoisotopic (exact) mass is 200 g/mol. The third kappa shape index (κ3) is 3.59. The van der Waals surface area contributed by atoms with Gasteiger partial charge >= 0.3 is 0 Å². The molecule has 0 radical (unpaired) electrons. The van der Waals surface area contributed by atoms with Crippen LogP contribution in [0.2, 0.25) is 0 Å². The van der Waals surface area contributed by atoms with E-state index < -0.39 is 0 Å². The molecule has 0 aliphatic carbocycles. The molecule has 13 heavy (non-hydrogen) atoms. The molecular weight excluding hydrogens is 180 g/mol. The van der Waals surface area contributed by atoms with Crippen molar-refractivity contribution >= 4 is 16.9 Å². The van der Waals surface area contributed by atoms with Gasteiger partial charge in [0.2, 0.25) is 0 Å². The number of likely N-dealkylation sites (tertiary alicyclic amines) is 1. The Hall–Kier alpha value is -0.180. The Bertz CT molecular complexity index is 162. The molecule has 1 fully saturated rings. The van der Waals surface area contributed by atoms with E-state index in [4.69, 9.17) is 0 Å². The highest BCUT2D eigenvalue weighted by atomic mass is 32.2. The van der Waals surface area contributed by atoms with Crippen LogP contribution >= 0.6 is 11.8 Å². The van der Waals surface area contributed by atoms with Gasteiger partial charge < -0.3 is 4.90 Å². The standard InChI is InChI=1S/C10H20N2S/c1-3-9-13-10(11-4-2)12-7-5-6-8-12/h3-9H2,1-2H3. The average molecular weight is 200 g/mol. The lowest BCUT2D eigenvalue weighted by atomic mass is 10.4. The molecule has 0 aromatic carbocycles. The number of aliphatic imine (C=N–C) groups is 1. The minimum absolute atomic E-state index is 0.919. The predicted octanol–water partition coefficient (Wildman–Crippen LogP) is 2.60. The normalized spacial score (nSPS) is 18.3. The van der Waals surface area contributed by atoms with Gasteiger partial charge in [-0.1, -0.05) is 18.7 Å². The van der Waals surface area contributed by atoms with Crippen molar-refractivity contribution in [3.8, 4) is 0 Å². The molecule has 0 aromatic heterocycles. The van der Waals surface area contributed by atoms with Gasteiger partial charge in [0.05, 0.1) is 0 Å². The number of hydrogen-bond donors (Lipinski definition) is 0. The number of amidine groups is 1. The molecular formula is C10H20N2S. The smallest absolute Gasteiger partial charge is 0.159 e. The highest BCUT2D eigenvalue weighted by Crippen LogP contribution is 2.16. The molecule has 0 amide bonds. The first-order valence-corrected chi connectivity index (χ1v) is 6.29. The summed E-state index contributed by atoms with van der Waals surface area (Å²) in [5, 5.41) is 1.28. The molecule has 0 bridgehead atoms. The van der Waals surface area contributed by atoms with E-state index in [0.29, 0.717) is 0 Å². The molecule has 0 saturated carbocycles. The lowest BCUT2D eigenvalue weighted by Gasteiger charge is -2.18. The molecule has 3 heteroatoms. The predicted molar refractivity (Wildman–Crippen MR) is 61.5 cm³/mol. The van der Waals surface area contributed by atoms with Crippen LogP contribution in [-0.4, -0.2) is 35.5 Å². The van der Waals surface area contributed by atoms with Crippen LogP contribution in [0.5, 0.6) is 0 Å². The van der Waals surface area contributed by atoms with Gasteiger partial charge in [0.15, 0.2) is 5.17 Å². The van der Waals surface area contributed by atoms with Crippen molar-refractivity contribution in [1.82, 2.24) is 4.90 Å². The summed E-state index contributed by atoms with van der Waals surface area (Å²) in [7, 11) is 0. The third-order valence-electron chi connectivity index (χ3n) is 2.11. The zero-order chi connectivity index (χ0) is 9.52. The maximum atomic E-state index is 4.55. The van der Waals surface area contributed by atoms with Crippen LogP contribution in [0.4, 0.5) is 0 Å². The Balaban J connectivity index is 2.40. The van der Waals surface area contributed by atoms with E-state index in [-0.39, 0.29) is 0 Å². The quantitative estimate of drug-likeness (QED) is 0.514. The summed E-state index contributed by atoms with van der Waals surface area (Å²) in [6.45, 7) is 7.69. The van der Waals surface area contributed by atoms with Gasteiger partial charge in [0, 0.05) is 25.4 Å². The van der Waals surface area contributed by atoms with Crippen molar-refractivity contribution in [3.63, 3.8) is 0 Å². The van der Waals surface area contributed by atoms with Crippen molar-refractivity contribution < 1.29 is 0 Å². The maximum absolute atomic E-state index is 4.55. The molecule has 0 N–H and O–H groups in total. The van der Waals surface area contributed by atoms with E-state index in [2.05, 4.69) is 23.7 Å². The lowest BCUT2D eigenvalue weighted by Crippen LogP contribution is -2.25. The van der Waals surface area contributed by atoms with Crippen LogP contribution in [0.25, 0.3) is 0 Å². The van der Waals surface area contributed by atoms with Gasteiger partial charge in [-0.15, -0.1) is 0 Å². The first-order valence-electron chi connectivity index (χ1n) is 5.30. The summed E-state index contributed by atoms with van der Waals surface area (Å²) >= 11 is 1.92. The van der Waals surface area contributed by atoms with Crippen molar-refractivity contribution in [2.45, 2.75) is 33.1 Å². The summed E-state index contributed by atoms with van der Waals surface area (Å²) in [6, 6.07) is 0. The average Bonchev–Trinajstić information content (AvgIpc) is 2.65.